The number of carbonyl (C=O) groups is 2. The predicted octanol–water partition coefficient (Wildman–Crippen LogP) is 2.89. The Morgan fingerprint density at radius 3 is 2.52 bits per heavy atom. The van der Waals surface area contributed by atoms with Crippen LogP contribution in [-0.4, -0.2) is 33.6 Å². The lowest BCUT2D eigenvalue weighted by molar-refractivity contribution is -0.117. The molecule has 4 N–H and O–H groups in total. The molecule has 2 amide bonds. The molecule has 0 radical (unpaired) electrons. The Hall–Kier alpha value is -3.19. The highest BCUT2D eigenvalue weighted by Crippen LogP contribution is 2.26. The fraction of sp³-hybridized carbons (Fsp3) is 0.333. The van der Waals surface area contributed by atoms with Crippen LogP contribution < -0.4 is 11.1 Å². The molecule has 1 aliphatic rings. The third-order valence-electron chi connectivity index (χ3n) is 5.90. The molecule has 1 saturated carbocycles. The Bertz CT molecular complexity index is 1110. The zero-order valence-electron chi connectivity index (χ0n) is 17.2. The maximum absolute atomic E-state index is 14.7. The van der Waals surface area contributed by atoms with E-state index in [-0.39, 0.29) is 29.3 Å². The average molecular weight is 423 g/mol. The molecular formula is C24H26FN3O3. The van der Waals surface area contributed by atoms with Crippen LogP contribution >= 0.6 is 0 Å². The SMILES string of the molecule is NC(=O)Cc1ccc(Cn2cc(C(=O)NC3CCCC[C@@H]3O)c3c(F)cccc32)cc1. The minimum Gasteiger partial charge on any atom is -0.391 e. The van der Waals surface area contributed by atoms with Gasteiger partial charge in [-0.3, -0.25) is 9.59 Å². The van der Waals surface area contributed by atoms with Gasteiger partial charge in [0.15, 0.2) is 0 Å². The lowest BCUT2D eigenvalue weighted by Gasteiger charge is -2.28. The minimum absolute atomic E-state index is 0.176. The Kier molecular flexibility index (Phi) is 6.04. The van der Waals surface area contributed by atoms with Crippen LogP contribution in [0, 0.1) is 5.82 Å². The first-order valence-corrected chi connectivity index (χ1v) is 10.5. The Balaban J connectivity index is 1.62. The Morgan fingerprint density at radius 1 is 1.10 bits per heavy atom. The number of primary amides is 1. The summed E-state index contributed by atoms with van der Waals surface area (Å²) in [7, 11) is 0. The van der Waals surface area contributed by atoms with Crippen LogP contribution in [0.3, 0.4) is 0 Å². The van der Waals surface area contributed by atoms with Gasteiger partial charge in [-0.15, -0.1) is 0 Å². The molecule has 1 aromatic heterocycles. The molecule has 6 nitrogen and oxygen atoms in total. The van der Waals surface area contributed by atoms with Gasteiger partial charge in [-0.05, 0) is 36.1 Å². The molecule has 0 aliphatic heterocycles. The summed E-state index contributed by atoms with van der Waals surface area (Å²) in [6.07, 6.45) is 4.53. The molecule has 1 heterocycles. The molecule has 0 spiro atoms. The number of aliphatic hydroxyl groups excluding tert-OH is 1. The van der Waals surface area contributed by atoms with Gasteiger partial charge in [-0.1, -0.05) is 43.2 Å². The molecule has 0 saturated heterocycles. The maximum Gasteiger partial charge on any atom is 0.253 e. The number of nitrogens with one attached hydrogen (secondary N) is 1. The first kappa shape index (κ1) is 21.1. The van der Waals surface area contributed by atoms with E-state index in [1.165, 1.54) is 6.07 Å². The summed E-state index contributed by atoms with van der Waals surface area (Å²) >= 11 is 0. The summed E-state index contributed by atoms with van der Waals surface area (Å²) < 4.78 is 16.5. The second kappa shape index (κ2) is 8.89. The molecular weight excluding hydrogens is 397 g/mol. The summed E-state index contributed by atoms with van der Waals surface area (Å²) in [6, 6.07) is 11.9. The Labute approximate surface area is 179 Å². The van der Waals surface area contributed by atoms with Crippen molar-refractivity contribution in [3.63, 3.8) is 0 Å². The van der Waals surface area contributed by atoms with Gasteiger partial charge in [-0.2, -0.15) is 0 Å². The van der Waals surface area contributed by atoms with Crippen LogP contribution in [0.4, 0.5) is 4.39 Å². The lowest BCUT2D eigenvalue weighted by Crippen LogP contribution is -2.45. The molecule has 1 aliphatic carbocycles. The average Bonchev–Trinajstić information content (AvgIpc) is 3.11. The third-order valence-corrected chi connectivity index (χ3v) is 5.90. The zero-order chi connectivity index (χ0) is 22.0. The number of hydrogen-bond donors (Lipinski definition) is 3. The normalized spacial score (nSPS) is 18.8. The number of amides is 2. The van der Waals surface area contributed by atoms with Crippen LogP contribution in [0.25, 0.3) is 10.9 Å². The summed E-state index contributed by atoms with van der Waals surface area (Å²) in [6.45, 7) is 0.441. The number of nitrogens with two attached hydrogens (primary N) is 1. The molecule has 7 heteroatoms. The molecule has 31 heavy (non-hydrogen) atoms. The number of benzene rings is 2. The first-order valence-electron chi connectivity index (χ1n) is 10.5. The summed E-state index contributed by atoms with van der Waals surface area (Å²) in [5.41, 5.74) is 7.89. The van der Waals surface area contributed by atoms with Crippen molar-refractivity contribution < 1.29 is 19.1 Å². The van der Waals surface area contributed by atoms with Crippen LogP contribution in [-0.2, 0) is 17.8 Å². The molecule has 1 fully saturated rings. The smallest absolute Gasteiger partial charge is 0.253 e. The summed E-state index contributed by atoms with van der Waals surface area (Å²) in [4.78, 5) is 24.1. The second-order valence-corrected chi connectivity index (χ2v) is 8.20. The number of rotatable bonds is 6. The van der Waals surface area contributed by atoms with Gasteiger partial charge in [0.1, 0.15) is 5.82 Å². The molecule has 4 rings (SSSR count). The predicted molar refractivity (Wildman–Crippen MR) is 116 cm³/mol. The van der Waals surface area contributed by atoms with Crippen LogP contribution in [0.5, 0.6) is 0 Å². The molecule has 162 valence electrons. The molecule has 0 bridgehead atoms. The number of carbonyl (C=O) groups excluding carboxylic acids is 2. The number of nitrogens with zero attached hydrogens (tertiary/aromatic N) is 1. The lowest BCUT2D eigenvalue weighted by atomic mass is 9.92. The number of aliphatic hydroxyl groups is 1. The Morgan fingerprint density at radius 2 is 1.81 bits per heavy atom. The largest absolute Gasteiger partial charge is 0.391 e. The van der Waals surface area contributed by atoms with Crippen LogP contribution in [0.15, 0.2) is 48.7 Å². The maximum atomic E-state index is 14.7. The summed E-state index contributed by atoms with van der Waals surface area (Å²) in [5, 5.41) is 13.4. The van der Waals surface area contributed by atoms with E-state index in [2.05, 4.69) is 5.32 Å². The van der Waals surface area contributed by atoms with Crippen molar-refractivity contribution in [3.05, 3.63) is 71.2 Å². The van der Waals surface area contributed by atoms with Crippen molar-refractivity contribution in [3.8, 4) is 0 Å². The van der Waals surface area contributed by atoms with Crippen molar-refractivity contribution in [1.29, 1.82) is 0 Å². The highest BCUT2D eigenvalue weighted by Gasteiger charge is 2.27. The fourth-order valence-corrected chi connectivity index (χ4v) is 4.30. The van der Waals surface area contributed by atoms with E-state index in [9.17, 15) is 19.1 Å². The summed E-state index contributed by atoms with van der Waals surface area (Å²) in [5.74, 6) is -1.22. The van der Waals surface area contributed by atoms with E-state index in [0.29, 0.717) is 24.9 Å². The van der Waals surface area contributed by atoms with Crippen molar-refractivity contribution in [1.82, 2.24) is 9.88 Å². The number of fused-ring (bicyclic) bond motifs is 1. The van der Waals surface area contributed by atoms with Crippen molar-refractivity contribution in [2.75, 3.05) is 0 Å². The fourth-order valence-electron chi connectivity index (χ4n) is 4.30. The van der Waals surface area contributed by atoms with E-state index in [1.54, 1.807) is 18.3 Å². The van der Waals surface area contributed by atoms with Crippen molar-refractivity contribution in [2.24, 2.45) is 5.73 Å². The van der Waals surface area contributed by atoms with Gasteiger partial charge >= 0.3 is 0 Å². The van der Waals surface area contributed by atoms with Crippen LogP contribution in [0.2, 0.25) is 0 Å². The number of hydrogen-bond acceptors (Lipinski definition) is 3. The van der Waals surface area contributed by atoms with Gasteiger partial charge in [0, 0.05) is 18.1 Å². The quantitative estimate of drug-likeness (QED) is 0.569. The second-order valence-electron chi connectivity index (χ2n) is 8.20. The van der Waals surface area contributed by atoms with Crippen LogP contribution in [0.1, 0.15) is 47.2 Å². The van der Waals surface area contributed by atoms with E-state index in [0.717, 1.165) is 24.0 Å². The van der Waals surface area contributed by atoms with E-state index in [1.807, 2.05) is 28.8 Å². The van der Waals surface area contributed by atoms with Gasteiger partial charge in [0.25, 0.3) is 5.91 Å². The zero-order valence-corrected chi connectivity index (χ0v) is 17.2. The third kappa shape index (κ3) is 4.61. The van der Waals surface area contributed by atoms with Gasteiger partial charge in [0.05, 0.1) is 29.6 Å². The highest BCUT2D eigenvalue weighted by atomic mass is 19.1. The topological polar surface area (TPSA) is 97.4 Å². The van der Waals surface area contributed by atoms with Crippen molar-refractivity contribution >= 4 is 22.7 Å². The first-order chi connectivity index (χ1) is 14.9. The van der Waals surface area contributed by atoms with Gasteiger partial charge in [-0.25, -0.2) is 4.39 Å². The molecule has 1 unspecified atom stereocenters. The standard InChI is InChI=1S/C24H26FN3O3/c25-18-4-3-6-20-23(18)17(24(31)27-19-5-1-2-7-21(19)29)14-28(20)13-16-10-8-15(9-11-16)12-22(26)30/h3-4,6,8-11,14,19,21,29H,1-2,5,7,12-13H2,(H2,26,30)(H,27,31)/t19?,21-/m0/s1. The number of halogens is 1. The highest BCUT2D eigenvalue weighted by molar-refractivity contribution is 6.07. The minimum atomic E-state index is -0.574. The number of aromatic nitrogens is 1. The molecule has 2 atom stereocenters. The van der Waals surface area contributed by atoms with E-state index >= 15 is 0 Å². The molecule has 3 aromatic rings. The van der Waals surface area contributed by atoms with Gasteiger partial charge < -0.3 is 20.7 Å². The van der Waals surface area contributed by atoms with E-state index in [4.69, 9.17) is 5.73 Å². The van der Waals surface area contributed by atoms with E-state index < -0.39 is 17.8 Å². The monoisotopic (exact) mass is 423 g/mol. The molecule has 2 aromatic carbocycles. The van der Waals surface area contributed by atoms with Gasteiger partial charge in [0.2, 0.25) is 5.91 Å². The van der Waals surface area contributed by atoms with Crippen molar-refractivity contribution in [2.45, 2.75) is 50.8 Å².